The molecule has 0 aliphatic rings. The van der Waals surface area contributed by atoms with Crippen molar-refractivity contribution in [3.63, 3.8) is 0 Å². The fourth-order valence-electron chi connectivity index (χ4n) is 7.89. The van der Waals surface area contributed by atoms with E-state index in [-0.39, 0.29) is 0 Å². The van der Waals surface area contributed by atoms with Crippen LogP contribution in [0.5, 0.6) is 0 Å². The molecule has 0 N–H and O–H groups in total. The van der Waals surface area contributed by atoms with Crippen LogP contribution in [0.4, 0.5) is 0 Å². The van der Waals surface area contributed by atoms with Gasteiger partial charge in [-0.1, -0.05) is 133 Å². The number of hydrogen-bond acceptors (Lipinski definition) is 0. The highest BCUT2D eigenvalue weighted by Gasteiger charge is 2.16. The largest absolute Gasteiger partial charge is 0.309 e. The molecule has 2 heteroatoms. The standard InChI is InChI=1S/C49H34N2/c1-33-21-23-35(24-22-33)37-14-10-16-41(30-37)51-47-20-8-6-18-43(47)45-32-39(26-28-49(45)51)38-25-27-48-44(31-38)42-17-5-7-19-46(42)50(48)40-15-9-13-36(29-40)34-11-3-2-4-12-34/h2-32H,1H3. The normalized spacial score (nSPS) is 11.6. The van der Waals surface area contributed by atoms with E-state index in [1.165, 1.54) is 82.6 Å². The van der Waals surface area contributed by atoms with Crippen LogP contribution in [-0.2, 0) is 0 Å². The number of nitrogens with zero attached hydrogens (tertiary/aromatic N) is 2. The first-order chi connectivity index (χ1) is 25.2. The molecule has 8 aromatic carbocycles. The summed E-state index contributed by atoms with van der Waals surface area (Å²) in [6, 6.07) is 68.6. The first kappa shape index (κ1) is 29.3. The molecule has 10 aromatic rings. The lowest BCUT2D eigenvalue weighted by Gasteiger charge is -2.11. The van der Waals surface area contributed by atoms with E-state index in [2.05, 4.69) is 204 Å². The number of hydrogen-bond donors (Lipinski definition) is 0. The number of para-hydroxylation sites is 2. The second kappa shape index (κ2) is 11.8. The minimum absolute atomic E-state index is 1.16. The van der Waals surface area contributed by atoms with E-state index in [9.17, 15) is 0 Å². The van der Waals surface area contributed by atoms with Gasteiger partial charge in [0.25, 0.3) is 0 Å². The summed E-state index contributed by atoms with van der Waals surface area (Å²) >= 11 is 0. The summed E-state index contributed by atoms with van der Waals surface area (Å²) in [5, 5.41) is 5.02. The Kier molecular flexibility index (Phi) is 6.75. The Hall–Kier alpha value is -6.64. The molecule has 240 valence electrons. The molecule has 0 bridgehead atoms. The molecule has 0 aliphatic carbocycles. The van der Waals surface area contributed by atoms with Gasteiger partial charge < -0.3 is 9.13 Å². The molecule has 2 aromatic heterocycles. The molecule has 0 saturated carbocycles. The highest BCUT2D eigenvalue weighted by molar-refractivity contribution is 6.12. The molecule has 0 saturated heterocycles. The van der Waals surface area contributed by atoms with Crippen molar-refractivity contribution in [1.29, 1.82) is 0 Å². The molecule has 10 rings (SSSR count). The van der Waals surface area contributed by atoms with Gasteiger partial charge >= 0.3 is 0 Å². The van der Waals surface area contributed by atoms with Crippen molar-refractivity contribution in [2.45, 2.75) is 6.92 Å². The zero-order valence-electron chi connectivity index (χ0n) is 28.3. The summed E-state index contributed by atoms with van der Waals surface area (Å²) < 4.78 is 4.81. The van der Waals surface area contributed by atoms with Crippen molar-refractivity contribution in [2.24, 2.45) is 0 Å². The Morgan fingerprint density at radius 1 is 0.275 bits per heavy atom. The predicted octanol–water partition coefficient (Wildman–Crippen LogP) is 13.2. The van der Waals surface area contributed by atoms with Crippen LogP contribution >= 0.6 is 0 Å². The number of aryl methyl sites for hydroxylation is 1. The van der Waals surface area contributed by atoms with Gasteiger partial charge in [-0.3, -0.25) is 0 Å². The van der Waals surface area contributed by atoms with Crippen LogP contribution in [-0.4, -0.2) is 9.13 Å². The Balaban J connectivity index is 1.11. The third-order valence-electron chi connectivity index (χ3n) is 10.4. The first-order valence-electron chi connectivity index (χ1n) is 17.6. The maximum atomic E-state index is 2.41. The van der Waals surface area contributed by atoms with Crippen LogP contribution in [0.25, 0.3) is 88.4 Å². The van der Waals surface area contributed by atoms with E-state index in [1.54, 1.807) is 0 Å². The van der Waals surface area contributed by atoms with Gasteiger partial charge in [0.2, 0.25) is 0 Å². The van der Waals surface area contributed by atoms with Crippen LogP contribution in [0, 0.1) is 6.92 Å². The lowest BCUT2D eigenvalue weighted by molar-refractivity contribution is 1.18. The SMILES string of the molecule is Cc1ccc(-c2cccc(-n3c4ccccc4c4cc(-c5ccc6c(c5)c5ccccc5n6-c5cccc(-c6ccccc6)c5)ccc43)c2)cc1. The molecule has 0 radical (unpaired) electrons. The van der Waals surface area contributed by atoms with Gasteiger partial charge in [0.05, 0.1) is 22.1 Å². The van der Waals surface area contributed by atoms with Gasteiger partial charge in [0.15, 0.2) is 0 Å². The topological polar surface area (TPSA) is 9.86 Å². The fourth-order valence-corrected chi connectivity index (χ4v) is 7.89. The molecule has 0 amide bonds. The molecular formula is C49H34N2. The Bertz CT molecular complexity index is 2910. The minimum atomic E-state index is 1.16. The average Bonchev–Trinajstić information content (AvgIpc) is 3.71. The van der Waals surface area contributed by atoms with E-state index < -0.39 is 0 Å². The van der Waals surface area contributed by atoms with Crippen LogP contribution in [0.3, 0.4) is 0 Å². The molecule has 51 heavy (non-hydrogen) atoms. The third kappa shape index (κ3) is 4.87. The summed E-state index contributed by atoms with van der Waals surface area (Å²) in [7, 11) is 0. The quantitative estimate of drug-likeness (QED) is 0.175. The van der Waals surface area contributed by atoms with Crippen LogP contribution in [0.1, 0.15) is 5.56 Å². The van der Waals surface area contributed by atoms with Gasteiger partial charge in [-0.15, -0.1) is 0 Å². The van der Waals surface area contributed by atoms with Crippen LogP contribution in [0.2, 0.25) is 0 Å². The minimum Gasteiger partial charge on any atom is -0.309 e. The summed E-state index contributed by atoms with van der Waals surface area (Å²) in [6.45, 7) is 2.13. The Morgan fingerprint density at radius 3 is 1.20 bits per heavy atom. The fraction of sp³-hybridized carbons (Fsp3) is 0.0204. The van der Waals surface area contributed by atoms with Gasteiger partial charge in [0, 0.05) is 32.9 Å². The predicted molar refractivity (Wildman–Crippen MR) is 216 cm³/mol. The van der Waals surface area contributed by atoms with E-state index >= 15 is 0 Å². The second-order valence-corrected chi connectivity index (χ2v) is 13.5. The summed E-state index contributed by atoms with van der Waals surface area (Å²) in [5.74, 6) is 0. The first-order valence-corrected chi connectivity index (χ1v) is 17.6. The number of fused-ring (bicyclic) bond motifs is 6. The zero-order valence-corrected chi connectivity index (χ0v) is 28.3. The number of aromatic nitrogens is 2. The van der Waals surface area contributed by atoms with Crippen molar-refractivity contribution >= 4 is 43.6 Å². The molecule has 0 unspecified atom stereocenters. The third-order valence-corrected chi connectivity index (χ3v) is 10.4. The molecule has 2 heterocycles. The average molecular weight is 651 g/mol. The van der Waals surface area contributed by atoms with E-state index in [0.717, 1.165) is 11.4 Å². The maximum Gasteiger partial charge on any atom is 0.0541 e. The van der Waals surface area contributed by atoms with Gasteiger partial charge in [-0.2, -0.15) is 0 Å². The van der Waals surface area contributed by atoms with E-state index in [1.807, 2.05) is 0 Å². The van der Waals surface area contributed by atoms with Crippen LogP contribution in [0.15, 0.2) is 188 Å². The Labute approximate surface area is 297 Å². The molecule has 0 spiro atoms. The smallest absolute Gasteiger partial charge is 0.0541 e. The highest BCUT2D eigenvalue weighted by atomic mass is 15.0. The van der Waals surface area contributed by atoms with E-state index in [4.69, 9.17) is 0 Å². The summed E-state index contributed by atoms with van der Waals surface area (Å²) in [6.07, 6.45) is 0. The van der Waals surface area contributed by atoms with Crippen molar-refractivity contribution in [1.82, 2.24) is 9.13 Å². The molecular weight excluding hydrogens is 617 g/mol. The lowest BCUT2D eigenvalue weighted by atomic mass is 10.0. The maximum absolute atomic E-state index is 2.41. The highest BCUT2D eigenvalue weighted by Crippen LogP contribution is 2.39. The van der Waals surface area contributed by atoms with Crippen molar-refractivity contribution in [3.05, 3.63) is 194 Å². The number of rotatable bonds is 5. The summed E-state index contributed by atoms with van der Waals surface area (Å²) in [4.78, 5) is 0. The molecule has 2 nitrogen and oxygen atoms in total. The van der Waals surface area contributed by atoms with Crippen molar-refractivity contribution in [3.8, 4) is 44.8 Å². The van der Waals surface area contributed by atoms with Gasteiger partial charge in [-0.05, 0) is 101 Å². The summed E-state index contributed by atoms with van der Waals surface area (Å²) in [5.41, 5.74) is 15.7. The lowest BCUT2D eigenvalue weighted by Crippen LogP contribution is -1.94. The van der Waals surface area contributed by atoms with Crippen molar-refractivity contribution < 1.29 is 0 Å². The Morgan fingerprint density at radius 2 is 0.667 bits per heavy atom. The molecule has 0 fully saturated rings. The van der Waals surface area contributed by atoms with Gasteiger partial charge in [0.1, 0.15) is 0 Å². The number of benzene rings is 8. The zero-order chi connectivity index (χ0) is 33.9. The second-order valence-electron chi connectivity index (χ2n) is 13.5. The van der Waals surface area contributed by atoms with Gasteiger partial charge in [-0.25, -0.2) is 0 Å². The van der Waals surface area contributed by atoms with E-state index in [0.29, 0.717) is 0 Å². The molecule has 0 aliphatic heterocycles. The van der Waals surface area contributed by atoms with Crippen molar-refractivity contribution in [2.75, 3.05) is 0 Å². The molecule has 0 atom stereocenters. The van der Waals surface area contributed by atoms with Crippen LogP contribution < -0.4 is 0 Å². The monoisotopic (exact) mass is 650 g/mol.